The van der Waals surface area contributed by atoms with Crippen molar-refractivity contribution >= 4 is 23.2 Å². The van der Waals surface area contributed by atoms with E-state index < -0.39 is 11.1 Å². The number of aromatic nitrogens is 3. The van der Waals surface area contributed by atoms with E-state index in [0.29, 0.717) is 43.1 Å². The first-order chi connectivity index (χ1) is 14.8. The molecule has 2 amide bonds. The van der Waals surface area contributed by atoms with Crippen LogP contribution < -0.4 is 16.4 Å². The third-order valence-corrected chi connectivity index (χ3v) is 8.03. The monoisotopic (exact) mass is 444 g/mol. The van der Waals surface area contributed by atoms with Gasteiger partial charge in [-0.15, -0.1) is 5.10 Å². The molecule has 0 spiro atoms. The first-order valence-electron chi connectivity index (χ1n) is 11.1. The van der Waals surface area contributed by atoms with Crippen molar-refractivity contribution in [3.05, 3.63) is 34.3 Å². The molecule has 2 aromatic heterocycles. The van der Waals surface area contributed by atoms with Crippen molar-refractivity contribution in [3.8, 4) is 0 Å². The van der Waals surface area contributed by atoms with Gasteiger partial charge in [-0.2, -0.15) is 11.3 Å². The molecule has 31 heavy (non-hydrogen) atoms. The summed E-state index contributed by atoms with van der Waals surface area (Å²) in [6.07, 6.45) is 7.26. The van der Waals surface area contributed by atoms with E-state index in [9.17, 15) is 9.59 Å². The third kappa shape index (κ3) is 4.13. The summed E-state index contributed by atoms with van der Waals surface area (Å²) in [6, 6.07) is 1.83. The molecule has 3 heterocycles. The van der Waals surface area contributed by atoms with Crippen LogP contribution in [0.3, 0.4) is 0 Å². The number of primary amides is 1. The Morgan fingerprint density at radius 3 is 2.61 bits per heavy atom. The number of nitrogens with two attached hydrogens (primary N) is 1. The average Bonchev–Trinajstić information content (AvgIpc) is 3.47. The summed E-state index contributed by atoms with van der Waals surface area (Å²) in [5, 5.41) is 19.2. The molecule has 0 aromatic carbocycles. The molecule has 2 aliphatic rings. The van der Waals surface area contributed by atoms with Crippen LogP contribution in [0.2, 0.25) is 0 Å². The van der Waals surface area contributed by atoms with Gasteiger partial charge in [0, 0.05) is 5.38 Å². The van der Waals surface area contributed by atoms with Gasteiger partial charge in [-0.3, -0.25) is 9.59 Å². The fourth-order valence-corrected chi connectivity index (χ4v) is 5.69. The van der Waals surface area contributed by atoms with Gasteiger partial charge in [0.25, 0.3) is 5.91 Å². The summed E-state index contributed by atoms with van der Waals surface area (Å²) in [5.74, 6) is 0.440. The van der Waals surface area contributed by atoms with Crippen molar-refractivity contribution < 1.29 is 9.59 Å². The molecule has 1 atom stereocenters. The van der Waals surface area contributed by atoms with Crippen LogP contribution in [0.4, 0.5) is 0 Å². The lowest BCUT2D eigenvalue weighted by Gasteiger charge is -2.40. The van der Waals surface area contributed by atoms with E-state index in [-0.39, 0.29) is 17.7 Å². The number of hydrogen-bond donors (Lipinski definition) is 3. The van der Waals surface area contributed by atoms with Crippen molar-refractivity contribution in [2.24, 2.45) is 17.6 Å². The second-order valence-corrected chi connectivity index (χ2v) is 10.1. The minimum absolute atomic E-state index is 0.108. The number of thiophene rings is 1. The summed E-state index contributed by atoms with van der Waals surface area (Å²) in [5.41, 5.74) is 5.62. The van der Waals surface area contributed by atoms with E-state index in [1.807, 2.05) is 29.9 Å². The second-order valence-electron chi connectivity index (χ2n) is 9.32. The highest BCUT2D eigenvalue weighted by molar-refractivity contribution is 7.08. The molecule has 0 unspecified atom stereocenters. The minimum Gasteiger partial charge on any atom is -0.368 e. The Kier molecular flexibility index (Phi) is 6.16. The number of rotatable bonds is 6. The zero-order chi connectivity index (χ0) is 22.1. The van der Waals surface area contributed by atoms with Crippen LogP contribution in [0.1, 0.15) is 68.4 Å². The van der Waals surface area contributed by atoms with Crippen molar-refractivity contribution in [2.75, 3.05) is 13.1 Å². The number of carbonyl (C=O) groups is 2. The zero-order valence-corrected chi connectivity index (χ0v) is 19.1. The molecule has 1 saturated heterocycles. The first-order valence-corrected chi connectivity index (χ1v) is 12.1. The normalized spacial score (nSPS) is 25.5. The van der Waals surface area contributed by atoms with Crippen LogP contribution >= 0.6 is 11.3 Å². The molecule has 1 saturated carbocycles. The molecule has 4 N–H and O–H groups in total. The second kappa shape index (κ2) is 8.70. The smallest absolute Gasteiger partial charge is 0.252 e. The number of nitrogens with one attached hydrogen (secondary N) is 2. The van der Waals surface area contributed by atoms with Gasteiger partial charge in [0.2, 0.25) is 5.91 Å². The van der Waals surface area contributed by atoms with Crippen LogP contribution in [0, 0.1) is 11.8 Å². The van der Waals surface area contributed by atoms with Crippen LogP contribution in [0.15, 0.2) is 23.0 Å². The van der Waals surface area contributed by atoms with Gasteiger partial charge in [-0.1, -0.05) is 25.0 Å². The molecule has 4 rings (SSSR count). The first kappa shape index (κ1) is 22.0. The van der Waals surface area contributed by atoms with Gasteiger partial charge < -0.3 is 16.4 Å². The Bertz CT molecular complexity index is 912. The number of carbonyl (C=O) groups excluding carboxylic acids is 2. The molecule has 2 aromatic rings. The topological polar surface area (TPSA) is 115 Å². The van der Waals surface area contributed by atoms with Gasteiger partial charge in [-0.05, 0) is 69.0 Å². The van der Waals surface area contributed by atoms with E-state index in [1.165, 1.54) is 11.3 Å². The van der Waals surface area contributed by atoms with Crippen LogP contribution in [0.5, 0.6) is 0 Å². The maximum absolute atomic E-state index is 13.0. The number of hydrogen-bond acceptors (Lipinski definition) is 6. The van der Waals surface area contributed by atoms with E-state index in [0.717, 1.165) is 25.7 Å². The predicted octanol–water partition coefficient (Wildman–Crippen LogP) is 2.38. The quantitative estimate of drug-likeness (QED) is 0.633. The Labute approximate surface area is 187 Å². The zero-order valence-electron chi connectivity index (χ0n) is 18.3. The van der Waals surface area contributed by atoms with Gasteiger partial charge in [0.15, 0.2) is 0 Å². The molecule has 1 aliphatic carbocycles. The van der Waals surface area contributed by atoms with Crippen molar-refractivity contribution in [3.63, 3.8) is 0 Å². The van der Waals surface area contributed by atoms with E-state index >= 15 is 0 Å². The highest BCUT2D eigenvalue weighted by Crippen LogP contribution is 2.41. The summed E-state index contributed by atoms with van der Waals surface area (Å²) in [4.78, 5) is 25.5. The van der Waals surface area contributed by atoms with Crippen molar-refractivity contribution in [1.82, 2.24) is 25.6 Å². The summed E-state index contributed by atoms with van der Waals surface area (Å²) in [7, 11) is 0. The maximum Gasteiger partial charge on any atom is 0.252 e. The van der Waals surface area contributed by atoms with Crippen LogP contribution in [-0.2, 0) is 15.9 Å². The van der Waals surface area contributed by atoms with Gasteiger partial charge >= 0.3 is 0 Å². The molecule has 168 valence electrons. The van der Waals surface area contributed by atoms with Crippen LogP contribution in [0.25, 0.3) is 0 Å². The Morgan fingerprint density at radius 2 is 2.00 bits per heavy atom. The van der Waals surface area contributed by atoms with Crippen molar-refractivity contribution in [2.45, 2.75) is 63.5 Å². The van der Waals surface area contributed by atoms with E-state index in [1.54, 1.807) is 4.68 Å². The highest BCUT2D eigenvalue weighted by atomic mass is 32.1. The lowest BCUT2D eigenvalue weighted by Crippen LogP contribution is -2.53. The Morgan fingerprint density at radius 1 is 1.29 bits per heavy atom. The standard InChI is InChI=1S/C22H32N6O2S/c1-15-3-5-17(6-4-15)21(2,25-19(29)16-7-12-31-14-16)18-13-28(27-26-18)22(20(23)30)8-10-24-11-9-22/h7,12-15,17,24H,3-6,8-11H2,1-2H3,(H2,23,30)(H,25,29)/t15-,17-,21-/m0/s1. The molecule has 9 heteroatoms. The molecular weight excluding hydrogens is 412 g/mol. The number of amides is 2. The molecule has 2 fully saturated rings. The van der Waals surface area contributed by atoms with Gasteiger partial charge in [-0.25, -0.2) is 4.68 Å². The largest absolute Gasteiger partial charge is 0.368 e. The van der Waals surface area contributed by atoms with E-state index in [4.69, 9.17) is 5.73 Å². The average molecular weight is 445 g/mol. The Hall–Kier alpha value is -2.26. The molecular formula is C22H32N6O2S. The minimum atomic E-state index is -0.879. The summed E-state index contributed by atoms with van der Waals surface area (Å²) >= 11 is 1.50. The predicted molar refractivity (Wildman–Crippen MR) is 120 cm³/mol. The molecule has 8 nitrogen and oxygen atoms in total. The van der Waals surface area contributed by atoms with Crippen LogP contribution in [-0.4, -0.2) is 39.9 Å². The lowest BCUT2D eigenvalue weighted by molar-refractivity contribution is -0.128. The van der Waals surface area contributed by atoms with E-state index in [2.05, 4.69) is 27.9 Å². The molecule has 0 bridgehead atoms. The fourth-order valence-electron chi connectivity index (χ4n) is 5.05. The van der Waals surface area contributed by atoms with Gasteiger partial charge in [0.1, 0.15) is 11.2 Å². The Balaban J connectivity index is 1.68. The van der Waals surface area contributed by atoms with Crippen molar-refractivity contribution in [1.29, 1.82) is 0 Å². The number of piperidine rings is 1. The molecule has 0 radical (unpaired) electrons. The summed E-state index contributed by atoms with van der Waals surface area (Å²) < 4.78 is 1.64. The number of nitrogens with zero attached hydrogens (tertiary/aromatic N) is 3. The maximum atomic E-state index is 13.0. The SMILES string of the molecule is C[C@@](NC(=O)c1ccsc1)(c1cn(C2(C(N)=O)CCNCC2)nn1)[C@H]1CC[C@H](C)CC1. The highest BCUT2D eigenvalue weighted by Gasteiger charge is 2.45. The fraction of sp³-hybridized carbons (Fsp3) is 0.636. The lowest BCUT2D eigenvalue weighted by atomic mass is 9.71. The summed E-state index contributed by atoms with van der Waals surface area (Å²) in [6.45, 7) is 5.72. The molecule has 1 aliphatic heterocycles. The van der Waals surface area contributed by atoms with Gasteiger partial charge in [0.05, 0.1) is 17.3 Å². The third-order valence-electron chi connectivity index (χ3n) is 7.34.